The van der Waals surface area contributed by atoms with Crippen LogP contribution in [-0.4, -0.2) is 16.5 Å². The third-order valence-electron chi connectivity index (χ3n) is 2.32. The Hall–Kier alpha value is 2.02. The fraction of sp³-hybridized carbons (Fsp3) is 0.333. The molecule has 4 nitrogen and oxygen atoms in total. The number of halogens is 6. The Morgan fingerprint density at radius 1 is 0.857 bits per heavy atom. The second kappa shape index (κ2) is 27.1. The van der Waals surface area contributed by atoms with Crippen molar-refractivity contribution in [2.45, 2.75) is 40.9 Å². The Balaban J connectivity index is -0.000000145. The van der Waals surface area contributed by atoms with E-state index in [1.165, 1.54) is 18.6 Å². The third-order valence-corrected chi connectivity index (χ3v) is 2.32. The van der Waals surface area contributed by atoms with E-state index in [0.717, 1.165) is 11.5 Å². The Morgan fingerprint density at radius 3 is 1.36 bits per heavy atom. The first kappa shape index (κ1) is 37.3. The summed E-state index contributed by atoms with van der Waals surface area (Å²) in [5.74, 6) is 1.53. The number of aromatic hydroxyl groups is 2. The van der Waals surface area contributed by atoms with Gasteiger partial charge in [0.1, 0.15) is 0 Å². The summed E-state index contributed by atoms with van der Waals surface area (Å²) in [7, 11) is 0. The number of fused-ring (bicyclic) bond motifs is 1. The molecule has 0 saturated heterocycles. The molecule has 3 rings (SSSR count). The first-order chi connectivity index (χ1) is 12.5. The largest absolute Gasteiger partial charge is 0.504 e. The van der Waals surface area contributed by atoms with E-state index >= 15 is 0 Å². The van der Waals surface area contributed by atoms with Crippen molar-refractivity contribution in [1.82, 2.24) is 0 Å². The Kier molecular flexibility index (Phi) is 36.1. The van der Waals surface area contributed by atoms with Gasteiger partial charge in [-0.05, 0) is 24.3 Å². The minimum atomic E-state index is -0.127. The molecule has 1 aliphatic heterocycles. The van der Waals surface area contributed by atoms with Crippen molar-refractivity contribution in [3.05, 3.63) is 48.5 Å². The number of phenols is 2. The van der Waals surface area contributed by atoms with Gasteiger partial charge in [0.2, 0.25) is 6.29 Å². The fourth-order valence-corrected chi connectivity index (χ4v) is 1.49. The zero-order valence-corrected chi connectivity index (χ0v) is 28.0. The first-order valence-electron chi connectivity index (χ1n) is 7.40. The molecule has 166 valence electrons. The van der Waals surface area contributed by atoms with Crippen molar-refractivity contribution in [3.8, 4) is 23.0 Å². The number of hydrogen-bond acceptors (Lipinski definition) is 4. The van der Waals surface area contributed by atoms with Gasteiger partial charge in [-0.2, -0.15) is 0 Å². The molecule has 0 aliphatic carbocycles. The Morgan fingerprint density at radius 2 is 1.11 bits per heavy atom. The van der Waals surface area contributed by atoms with E-state index in [4.69, 9.17) is 19.7 Å². The van der Waals surface area contributed by atoms with Gasteiger partial charge in [-0.15, -0.1) is 24.0 Å². The first-order valence-corrected chi connectivity index (χ1v) is 26.3. The van der Waals surface area contributed by atoms with Gasteiger partial charge in [0, 0.05) is 44.2 Å². The zero-order valence-electron chi connectivity index (χ0n) is 14.9. The fourth-order valence-electron chi connectivity index (χ4n) is 1.49. The molecule has 28 heavy (non-hydrogen) atoms. The van der Waals surface area contributed by atoms with Crippen molar-refractivity contribution >= 4 is 98.4 Å². The van der Waals surface area contributed by atoms with Gasteiger partial charge in [0.25, 0.3) is 0 Å². The number of benzene rings is 2. The second-order valence-corrected chi connectivity index (χ2v) is 20.7. The molecule has 0 atom stereocenters. The standard InChI is InChI=1S/C8H8O2.C6H6O2.C3H8.CH4.I3.I2.HI/c1-6-9-7-4-2-3-5-8(7)10-6;7-5-3-1-2-4-6(5)8;1-3-2;;1-3-2;1-2;/h2-6H,1H3;1-4,7-8H;3H2,1-2H3;1H4;;;1H/q;;;;-1;;. The molecule has 0 bridgehead atoms. The molecule has 0 saturated carbocycles. The summed E-state index contributed by atoms with van der Waals surface area (Å²) in [4.78, 5) is 0. The van der Waals surface area contributed by atoms with E-state index in [9.17, 15) is 0 Å². The van der Waals surface area contributed by atoms with E-state index in [1.54, 1.807) is 12.1 Å². The van der Waals surface area contributed by atoms with Gasteiger partial charge < -0.3 is 19.7 Å². The molecule has 1 heterocycles. The second-order valence-electron chi connectivity index (χ2n) is 4.50. The van der Waals surface area contributed by atoms with E-state index in [2.05, 4.69) is 88.3 Å². The molecule has 2 aromatic rings. The van der Waals surface area contributed by atoms with Crippen molar-refractivity contribution in [1.29, 1.82) is 0 Å². The minimum Gasteiger partial charge on any atom is -0.504 e. The molecule has 2 aromatic carbocycles. The van der Waals surface area contributed by atoms with Crippen LogP contribution in [0.2, 0.25) is 0 Å². The summed E-state index contributed by atoms with van der Waals surface area (Å²) in [6.07, 6.45) is 1.12. The number of para-hydroxylation sites is 4. The number of ether oxygens (including phenoxy) is 2. The summed E-state index contributed by atoms with van der Waals surface area (Å²) in [6, 6.07) is 13.8. The minimum absolute atomic E-state index is 0. The predicted molar refractivity (Wildman–Crippen MR) is 161 cm³/mol. The van der Waals surface area contributed by atoms with Crippen LogP contribution in [-0.2, 0) is 0 Å². The van der Waals surface area contributed by atoms with E-state index in [-0.39, 0.29) is 49.2 Å². The van der Waals surface area contributed by atoms with Crippen LogP contribution in [0.4, 0.5) is 0 Å². The van der Waals surface area contributed by atoms with Crippen molar-refractivity contribution < 1.29 is 32.9 Å². The number of hydrogen-bond donors (Lipinski definition) is 2. The van der Waals surface area contributed by atoms with Crippen LogP contribution in [0.5, 0.6) is 23.0 Å². The van der Waals surface area contributed by atoms with Crippen LogP contribution in [0.15, 0.2) is 48.5 Å². The summed E-state index contributed by atoms with van der Waals surface area (Å²) in [5.41, 5.74) is 0. The molecule has 1 aliphatic rings. The van der Waals surface area contributed by atoms with Gasteiger partial charge in [-0.1, -0.05) is 52.0 Å². The molecule has 0 amide bonds. The number of rotatable bonds is 0. The van der Waals surface area contributed by atoms with Gasteiger partial charge in [0.05, 0.1) is 0 Å². The normalized spacial score (nSPS) is 9.82. The van der Waals surface area contributed by atoms with Gasteiger partial charge >= 0.3 is 50.5 Å². The zero-order chi connectivity index (χ0) is 20.4. The molecule has 0 aromatic heterocycles. The molecule has 2 N–H and O–H groups in total. The van der Waals surface area contributed by atoms with Gasteiger partial charge in [0.15, 0.2) is 23.0 Å². The van der Waals surface area contributed by atoms with Crippen molar-refractivity contribution in [2.75, 3.05) is 0 Å². The molecule has 0 spiro atoms. The molecule has 10 heteroatoms. The Labute approximate surface area is 239 Å². The third kappa shape index (κ3) is 20.0. The van der Waals surface area contributed by atoms with Crippen LogP contribution in [0.3, 0.4) is 0 Å². The molecule has 0 unspecified atom stereocenters. The van der Waals surface area contributed by atoms with E-state index < -0.39 is 0 Å². The summed E-state index contributed by atoms with van der Waals surface area (Å²) >= 11 is 9.54. The summed E-state index contributed by atoms with van der Waals surface area (Å²) in [6.45, 7) is 6.12. The Bertz CT molecular complexity index is 527. The quantitative estimate of drug-likeness (QED) is 0.247. The topological polar surface area (TPSA) is 58.9 Å². The monoisotopic (exact) mass is 1070 g/mol. The summed E-state index contributed by atoms with van der Waals surface area (Å²) < 4.78 is 10.6. The van der Waals surface area contributed by atoms with Crippen LogP contribution in [0.1, 0.15) is 34.6 Å². The smallest absolute Gasteiger partial charge is 0.157 e. The van der Waals surface area contributed by atoms with Crippen molar-refractivity contribution in [3.63, 3.8) is 0 Å². The predicted octanol–water partition coefficient (Wildman–Crippen LogP) is 6.12. The summed E-state index contributed by atoms with van der Waals surface area (Å²) in [5, 5.41) is 17.3. The van der Waals surface area contributed by atoms with Crippen LogP contribution in [0, 0.1) is 0 Å². The van der Waals surface area contributed by atoms with Crippen LogP contribution >= 0.6 is 98.4 Å². The molecule has 0 fully saturated rings. The molecular formula is C18H27I6O4-. The maximum absolute atomic E-state index is 8.67. The average molecular weight is 1070 g/mol. The van der Waals surface area contributed by atoms with Gasteiger partial charge in [-0.3, -0.25) is 0 Å². The molecular weight excluding hydrogens is 1040 g/mol. The maximum atomic E-state index is 8.67. The van der Waals surface area contributed by atoms with Crippen LogP contribution < -0.4 is 22.7 Å². The molecule has 0 radical (unpaired) electrons. The number of phenolic OH excluding ortho intramolecular Hbond substituents is 2. The van der Waals surface area contributed by atoms with Crippen molar-refractivity contribution in [2.24, 2.45) is 0 Å². The average Bonchev–Trinajstić information content (AvgIpc) is 3.01. The maximum Gasteiger partial charge on any atom is 0.157 e. The SMILES string of the molecule is C.CC1Oc2ccccc2O1.CCC.I.II.I[I-]I.Oc1ccccc1O. The van der Waals surface area contributed by atoms with E-state index in [1.807, 2.05) is 31.2 Å². The van der Waals surface area contributed by atoms with Gasteiger partial charge in [-0.25, -0.2) is 0 Å². The van der Waals surface area contributed by atoms with E-state index in [0.29, 0.717) is 13.3 Å². The van der Waals surface area contributed by atoms with Crippen LogP contribution in [0.25, 0.3) is 0 Å².